The van der Waals surface area contributed by atoms with Crippen molar-refractivity contribution in [2.45, 2.75) is 0 Å². The van der Waals surface area contributed by atoms with Gasteiger partial charge in [0.2, 0.25) is 0 Å². The monoisotopic (exact) mass is 209 g/mol. The molecule has 0 amide bonds. The molecule has 76 valence electrons. The number of pyridine rings is 1. The predicted molar refractivity (Wildman–Crippen MR) is 60.2 cm³/mol. The molecule has 0 atom stereocenters. The number of rotatable bonds is 0. The molecule has 1 aliphatic carbocycles. The fraction of sp³-hybridized carbons (Fsp3) is 0. The number of hydrogen-bond acceptors (Lipinski definition) is 4. The van der Waals surface area contributed by atoms with E-state index in [0.29, 0.717) is 22.4 Å². The van der Waals surface area contributed by atoms with Crippen LogP contribution in [-0.2, 0) is 0 Å². The van der Waals surface area contributed by atoms with E-state index in [1.807, 2.05) is 6.07 Å². The van der Waals surface area contributed by atoms with Crippen molar-refractivity contribution in [3.8, 4) is 11.3 Å². The van der Waals surface area contributed by atoms with Crippen LogP contribution < -0.4 is 5.43 Å². The zero-order valence-corrected chi connectivity index (χ0v) is 8.29. The van der Waals surface area contributed by atoms with Gasteiger partial charge in [-0.2, -0.15) is 0 Å². The minimum Gasteiger partial charge on any atom is -0.289 e. The Kier molecular flexibility index (Phi) is 1.86. The van der Waals surface area contributed by atoms with Gasteiger partial charge in [0.1, 0.15) is 5.52 Å². The summed E-state index contributed by atoms with van der Waals surface area (Å²) < 4.78 is 0. The lowest BCUT2D eigenvalue weighted by Gasteiger charge is -1.94. The molecular weight excluding hydrogens is 202 g/mol. The van der Waals surface area contributed by atoms with Crippen LogP contribution in [0.25, 0.3) is 22.4 Å². The summed E-state index contributed by atoms with van der Waals surface area (Å²) in [4.78, 5) is 24.2. The largest absolute Gasteiger partial charge is 0.289 e. The Bertz CT molecular complexity index is 696. The SMILES string of the molecule is O=c1cccc2nc3cccnc3ncc1-2. The minimum atomic E-state index is -0.0715. The van der Waals surface area contributed by atoms with Gasteiger partial charge >= 0.3 is 0 Å². The Morgan fingerprint density at radius 2 is 1.94 bits per heavy atom. The highest BCUT2D eigenvalue weighted by Crippen LogP contribution is 2.14. The van der Waals surface area contributed by atoms with E-state index >= 15 is 0 Å². The van der Waals surface area contributed by atoms with Gasteiger partial charge < -0.3 is 0 Å². The molecule has 0 fully saturated rings. The third kappa shape index (κ3) is 1.32. The highest BCUT2D eigenvalue weighted by molar-refractivity contribution is 5.73. The summed E-state index contributed by atoms with van der Waals surface area (Å²) in [6.45, 7) is 0. The number of aromatic nitrogens is 3. The molecule has 0 radical (unpaired) electrons. The molecule has 1 aliphatic heterocycles. The van der Waals surface area contributed by atoms with Crippen molar-refractivity contribution in [3.63, 3.8) is 0 Å². The van der Waals surface area contributed by atoms with Gasteiger partial charge in [0.05, 0.1) is 11.3 Å². The summed E-state index contributed by atoms with van der Waals surface area (Å²) in [5, 5.41) is 0. The molecule has 3 rings (SSSR count). The molecule has 0 saturated carbocycles. The van der Waals surface area contributed by atoms with Gasteiger partial charge in [0.25, 0.3) is 0 Å². The molecule has 0 unspecified atom stereocenters. The van der Waals surface area contributed by atoms with Gasteiger partial charge in [-0.05, 0) is 24.3 Å². The molecule has 0 aromatic carbocycles. The number of benzene rings is 1. The van der Waals surface area contributed by atoms with Crippen LogP contribution in [0.2, 0.25) is 0 Å². The summed E-state index contributed by atoms with van der Waals surface area (Å²) in [7, 11) is 0. The molecule has 1 aromatic rings. The van der Waals surface area contributed by atoms with E-state index in [9.17, 15) is 4.79 Å². The molecule has 4 heteroatoms. The van der Waals surface area contributed by atoms with Gasteiger partial charge in [-0.3, -0.25) is 4.79 Å². The van der Waals surface area contributed by atoms with Crippen LogP contribution >= 0.6 is 0 Å². The highest BCUT2D eigenvalue weighted by Gasteiger charge is 2.06. The zero-order valence-electron chi connectivity index (χ0n) is 8.29. The van der Waals surface area contributed by atoms with Crippen LogP contribution in [0.3, 0.4) is 0 Å². The minimum absolute atomic E-state index is 0.0715. The van der Waals surface area contributed by atoms with Crippen LogP contribution in [0.1, 0.15) is 0 Å². The van der Waals surface area contributed by atoms with Crippen molar-refractivity contribution in [3.05, 3.63) is 52.9 Å². The first-order valence-electron chi connectivity index (χ1n) is 4.85. The molecule has 0 bridgehead atoms. The van der Waals surface area contributed by atoms with Gasteiger partial charge in [-0.25, -0.2) is 15.0 Å². The van der Waals surface area contributed by atoms with E-state index in [4.69, 9.17) is 0 Å². The Balaban J connectivity index is 2.52. The second kappa shape index (κ2) is 3.34. The number of nitrogens with zero attached hydrogens (tertiary/aromatic N) is 3. The Morgan fingerprint density at radius 3 is 2.88 bits per heavy atom. The molecule has 16 heavy (non-hydrogen) atoms. The average molecular weight is 209 g/mol. The number of hydrogen-bond donors (Lipinski definition) is 0. The van der Waals surface area contributed by atoms with Crippen LogP contribution in [0, 0.1) is 0 Å². The van der Waals surface area contributed by atoms with Gasteiger partial charge in [-0.1, -0.05) is 6.07 Å². The van der Waals surface area contributed by atoms with Crippen LogP contribution in [0.5, 0.6) is 0 Å². The normalized spacial score (nSPS) is 10.8. The fourth-order valence-electron chi connectivity index (χ4n) is 1.59. The first-order chi connectivity index (χ1) is 7.84. The van der Waals surface area contributed by atoms with Crippen molar-refractivity contribution in [2.75, 3.05) is 0 Å². The van der Waals surface area contributed by atoms with E-state index in [0.717, 1.165) is 0 Å². The molecule has 0 saturated heterocycles. The second-order valence-corrected chi connectivity index (χ2v) is 3.41. The van der Waals surface area contributed by atoms with E-state index in [-0.39, 0.29) is 5.43 Å². The summed E-state index contributed by atoms with van der Waals surface area (Å²) in [5.41, 5.74) is 2.31. The fourth-order valence-corrected chi connectivity index (χ4v) is 1.59. The lowest BCUT2D eigenvalue weighted by atomic mass is 10.1. The lowest BCUT2D eigenvalue weighted by Crippen LogP contribution is -2.02. The Hall–Kier alpha value is -2.36. The first-order valence-corrected chi connectivity index (χ1v) is 4.85. The summed E-state index contributed by atoms with van der Waals surface area (Å²) in [6, 6.07) is 8.62. The third-order valence-corrected chi connectivity index (χ3v) is 2.37. The summed E-state index contributed by atoms with van der Waals surface area (Å²) >= 11 is 0. The van der Waals surface area contributed by atoms with Crippen LogP contribution in [-0.4, -0.2) is 15.0 Å². The van der Waals surface area contributed by atoms with E-state index in [1.165, 1.54) is 12.3 Å². The third-order valence-electron chi connectivity index (χ3n) is 2.37. The molecule has 0 N–H and O–H groups in total. The van der Waals surface area contributed by atoms with Crippen molar-refractivity contribution in [2.24, 2.45) is 0 Å². The average Bonchev–Trinajstić information content (AvgIpc) is 2.48. The van der Waals surface area contributed by atoms with E-state index in [2.05, 4.69) is 15.0 Å². The van der Waals surface area contributed by atoms with Crippen molar-refractivity contribution in [1.82, 2.24) is 15.0 Å². The summed E-state index contributed by atoms with van der Waals surface area (Å²) in [6.07, 6.45) is 3.18. The molecular formula is C12H7N3O. The maximum absolute atomic E-state index is 11.6. The maximum atomic E-state index is 11.6. The van der Waals surface area contributed by atoms with Crippen LogP contribution in [0.15, 0.2) is 47.5 Å². The van der Waals surface area contributed by atoms with Crippen molar-refractivity contribution >= 4 is 11.2 Å². The predicted octanol–water partition coefficient (Wildman–Crippen LogP) is 1.49. The topological polar surface area (TPSA) is 55.7 Å². The van der Waals surface area contributed by atoms with Gasteiger partial charge in [-0.15, -0.1) is 0 Å². The Labute approximate surface area is 91.0 Å². The zero-order chi connectivity index (χ0) is 11.0. The highest BCUT2D eigenvalue weighted by atomic mass is 16.1. The first kappa shape index (κ1) is 8.91. The van der Waals surface area contributed by atoms with Crippen LogP contribution in [0.4, 0.5) is 0 Å². The number of fused-ring (bicyclic) bond motifs is 2. The quantitative estimate of drug-likeness (QED) is 0.562. The van der Waals surface area contributed by atoms with Crippen molar-refractivity contribution < 1.29 is 0 Å². The molecule has 4 nitrogen and oxygen atoms in total. The lowest BCUT2D eigenvalue weighted by molar-refractivity contribution is 1.30. The smallest absolute Gasteiger partial charge is 0.189 e. The van der Waals surface area contributed by atoms with E-state index < -0.39 is 0 Å². The van der Waals surface area contributed by atoms with E-state index in [1.54, 1.807) is 24.4 Å². The molecule has 0 spiro atoms. The Morgan fingerprint density at radius 1 is 1.00 bits per heavy atom. The second-order valence-electron chi connectivity index (χ2n) is 3.41. The van der Waals surface area contributed by atoms with Crippen molar-refractivity contribution in [1.29, 1.82) is 0 Å². The van der Waals surface area contributed by atoms with Gasteiger partial charge in [0, 0.05) is 12.4 Å². The summed E-state index contributed by atoms with van der Waals surface area (Å²) in [5.74, 6) is 0. The maximum Gasteiger partial charge on any atom is 0.189 e. The standard InChI is InChI=1S/C12H7N3O/c16-11-5-1-3-9-8(11)7-14-12-10(15-9)4-2-6-13-12/h1-7H. The molecule has 1 aromatic heterocycles. The molecule has 2 heterocycles. The van der Waals surface area contributed by atoms with Gasteiger partial charge in [0.15, 0.2) is 11.1 Å². The molecule has 2 aliphatic rings.